The van der Waals surface area contributed by atoms with Crippen molar-refractivity contribution in [1.29, 1.82) is 0 Å². The lowest BCUT2D eigenvalue weighted by Crippen LogP contribution is -2.17. The summed E-state index contributed by atoms with van der Waals surface area (Å²) >= 11 is 3.31. The van der Waals surface area contributed by atoms with Gasteiger partial charge in [-0.3, -0.25) is 0 Å². The molecule has 80 valence electrons. The summed E-state index contributed by atoms with van der Waals surface area (Å²) in [7, 11) is 0. The Balaban J connectivity index is 2.01. The molecule has 1 atom stereocenters. The zero-order chi connectivity index (χ0) is 10.7. The van der Waals surface area contributed by atoms with E-state index in [1.807, 2.05) is 12.1 Å². The quantitative estimate of drug-likeness (QED) is 0.775. The number of hydrogen-bond acceptors (Lipinski definition) is 3. The average Bonchev–Trinajstić information content (AvgIpc) is 2.70. The van der Waals surface area contributed by atoms with Gasteiger partial charge in [-0.25, -0.2) is 4.79 Å². The largest absolute Gasteiger partial charge is 0.456 e. The Morgan fingerprint density at radius 1 is 1.53 bits per heavy atom. The van der Waals surface area contributed by atoms with Gasteiger partial charge in [-0.1, -0.05) is 22.0 Å². The summed E-state index contributed by atoms with van der Waals surface area (Å²) in [6.45, 7) is 1.19. The molecule has 0 aliphatic carbocycles. The van der Waals surface area contributed by atoms with Crippen LogP contribution in [0.5, 0.6) is 0 Å². The van der Waals surface area contributed by atoms with Crippen LogP contribution in [0.4, 0.5) is 0 Å². The van der Waals surface area contributed by atoms with Crippen LogP contribution in [-0.4, -0.2) is 25.3 Å². The first kappa shape index (κ1) is 10.6. The van der Waals surface area contributed by atoms with E-state index >= 15 is 0 Å². The van der Waals surface area contributed by atoms with Gasteiger partial charge in [0, 0.05) is 10.9 Å². The number of rotatable bonds is 2. The second kappa shape index (κ2) is 4.77. The van der Waals surface area contributed by atoms with E-state index < -0.39 is 0 Å². The van der Waals surface area contributed by atoms with E-state index in [2.05, 4.69) is 15.9 Å². The van der Waals surface area contributed by atoms with Crippen molar-refractivity contribution in [2.24, 2.45) is 0 Å². The van der Waals surface area contributed by atoms with Gasteiger partial charge in [-0.15, -0.1) is 0 Å². The van der Waals surface area contributed by atoms with Crippen molar-refractivity contribution in [2.75, 3.05) is 13.2 Å². The monoisotopic (exact) mass is 270 g/mol. The van der Waals surface area contributed by atoms with Gasteiger partial charge >= 0.3 is 5.97 Å². The van der Waals surface area contributed by atoms with Crippen molar-refractivity contribution < 1.29 is 14.3 Å². The van der Waals surface area contributed by atoms with E-state index in [4.69, 9.17) is 9.47 Å². The Labute approximate surface area is 96.5 Å². The van der Waals surface area contributed by atoms with Crippen LogP contribution in [0.25, 0.3) is 0 Å². The van der Waals surface area contributed by atoms with E-state index in [9.17, 15) is 4.79 Å². The summed E-state index contributed by atoms with van der Waals surface area (Å²) in [6.07, 6.45) is 0.705. The lowest BCUT2D eigenvalue weighted by atomic mass is 10.2. The fourth-order valence-corrected chi connectivity index (χ4v) is 1.84. The lowest BCUT2D eigenvalue weighted by Gasteiger charge is -2.09. The van der Waals surface area contributed by atoms with Crippen LogP contribution in [0.15, 0.2) is 28.7 Å². The number of hydrogen-bond donors (Lipinski definition) is 0. The summed E-state index contributed by atoms with van der Waals surface area (Å²) in [5.41, 5.74) is 0.566. The summed E-state index contributed by atoms with van der Waals surface area (Å²) < 4.78 is 11.3. The molecule has 3 nitrogen and oxygen atoms in total. The fourth-order valence-electron chi connectivity index (χ4n) is 1.44. The molecule has 0 unspecified atom stereocenters. The van der Waals surface area contributed by atoms with E-state index in [1.54, 1.807) is 12.1 Å². The number of carbonyl (C=O) groups excluding carboxylic acids is 1. The molecular formula is C11H11BrO3. The lowest BCUT2D eigenvalue weighted by molar-refractivity contribution is 0.0270. The number of halogens is 1. The van der Waals surface area contributed by atoms with E-state index in [0.717, 1.165) is 10.9 Å². The fraction of sp³-hybridized carbons (Fsp3) is 0.364. The highest BCUT2D eigenvalue weighted by molar-refractivity contribution is 9.10. The molecule has 0 saturated carbocycles. The Kier molecular flexibility index (Phi) is 3.38. The topological polar surface area (TPSA) is 35.5 Å². The molecule has 0 aromatic heterocycles. The molecule has 4 heteroatoms. The Hall–Kier alpha value is -0.870. The molecule has 15 heavy (non-hydrogen) atoms. The predicted molar refractivity (Wildman–Crippen MR) is 58.8 cm³/mol. The zero-order valence-electron chi connectivity index (χ0n) is 8.11. The first-order chi connectivity index (χ1) is 7.25. The Morgan fingerprint density at radius 2 is 2.40 bits per heavy atom. The van der Waals surface area contributed by atoms with Crippen LogP contribution in [0.1, 0.15) is 16.8 Å². The molecule has 2 rings (SSSR count). The minimum absolute atomic E-state index is 0.0866. The van der Waals surface area contributed by atoms with E-state index in [1.165, 1.54) is 0 Å². The van der Waals surface area contributed by atoms with Gasteiger partial charge in [0.1, 0.15) is 6.10 Å². The molecule has 0 N–H and O–H groups in total. The van der Waals surface area contributed by atoms with Crippen LogP contribution < -0.4 is 0 Å². The first-order valence-electron chi connectivity index (χ1n) is 4.80. The molecule has 0 amide bonds. The van der Waals surface area contributed by atoms with Crippen LogP contribution in [-0.2, 0) is 9.47 Å². The van der Waals surface area contributed by atoms with Gasteiger partial charge in [0.15, 0.2) is 0 Å². The van der Waals surface area contributed by atoms with Crippen molar-refractivity contribution >= 4 is 21.9 Å². The summed E-state index contributed by atoms with van der Waals surface area (Å²) in [5.74, 6) is -0.285. The number of ether oxygens (including phenoxy) is 2. The molecule has 0 spiro atoms. The highest BCUT2D eigenvalue weighted by atomic mass is 79.9. The van der Waals surface area contributed by atoms with Crippen molar-refractivity contribution in [3.63, 3.8) is 0 Å². The van der Waals surface area contributed by atoms with Gasteiger partial charge in [-0.2, -0.15) is 0 Å². The van der Waals surface area contributed by atoms with Gasteiger partial charge in [0.2, 0.25) is 0 Å². The molecule has 0 radical (unpaired) electrons. The molecule has 1 fully saturated rings. The van der Waals surface area contributed by atoms with E-state index in [-0.39, 0.29) is 12.1 Å². The van der Waals surface area contributed by atoms with Crippen LogP contribution in [0, 0.1) is 0 Å². The average molecular weight is 271 g/mol. The van der Waals surface area contributed by atoms with Crippen molar-refractivity contribution in [2.45, 2.75) is 12.5 Å². The van der Waals surface area contributed by atoms with Gasteiger partial charge < -0.3 is 9.47 Å². The first-order valence-corrected chi connectivity index (χ1v) is 5.59. The van der Waals surface area contributed by atoms with Crippen molar-refractivity contribution in [1.82, 2.24) is 0 Å². The minimum atomic E-state index is -0.285. The Bertz CT molecular complexity index is 359. The third-order valence-electron chi connectivity index (χ3n) is 2.22. The van der Waals surface area contributed by atoms with Gasteiger partial charge in [0.25, 0.3) is 0 Å². The highest BCUT2D eigenvalue weighted by Gasteiger charge is 2.20. The molecule has 1 aliphatic heterocycles. The normalized spacial score (nSPS) is 20.2. The maximum Gasteiger partial charge on any atom is 0.338 e. The zero-order valence-corrected chi connectivity index (χ0v) is 9.70. The maximum absolute atomic E-state index is 11.7. The van der Waals surface area contributed by atoms with Crippen LogP contribution >= 0.6 is 15.9 Å². The minimum Gasteiger partial charge on any atom is -0.456 e. The highest BCUT2D eigenvalue weighted by Crippen LogP contribution is 2.15. The maximum atomic E-state index is 11.7. The number of benzene rings is 1. The van der Waals surface area contributed by atoms with Crippen LogP contribution in [0.2, 0.25) is 0 Å². The predicted octanol–water partition coefficient (Wildman–Crippen LogP) is 2.39. The summed E-state index contributed by atoms with van der Waals surface area (Å²) in [6, 6.07) is 7.17. The van der Waals surface area contributed by atoms with E-state index in [0.29, 0.717) is 18.8 Å². The molecule has 1 aromatic carbocycles. The second-order valence-electron chi connectivity index (χ2n) is 3.40. The van der Waals surface area contributed by atoms with Gasteiger partial charge in [-0.05, 0) is 18.2 Å². The third-order valence-corrected chi connectivity index (χ3v) is 2.72. The van der Waals surface area contributed by atoms with Crippen molar-refractivity contribution in [3.05, 3.63) is 34.3 Å². The molecule has 1 aromatic rings. The summed E-state index contributed by atoms with van der Waals surface area (Å²) in [5, 5.41) is 0. The van der Waals surface area contributed by atoms with Gasteiger partial charge in [0.05, 0.1) is 18.8 Å². The smallest absolute Gasteiger partial charge is 0.338 e. The molecular weight excluding hydrogens is 260 g/mol. The van der Waals surface area contributed by atoms with Crippen LogP contribution in [0.3, 0.4) is 0 Å². The molecule has 1 aliphatic rings. The SMILES string of the molecule is O=C(O[C@H]1CCOC1)c1cccc(Br)c1. The van der Waals surface area contributed by atoms with Crippen molar-refractivity contribution in [3.8, 4) is 0 Å². The molecule has 1 heterocycles. The molecule has 0 bridgehead atoms. The number of carbonyl (C=O) groups is 1. The molecule has 1 saturated heterocycles. The number of esters is 1. The third kappa shape index (κ3) is 2.79. The Morgan fingerprint density at radius 3 is 3.07 bits per heavy atom. The second-order valence-corrected chi connectivity index (χ2v) is 4.32. The standard InChI is InChI=1S/C11H11BrO3/c12-9-3-1-2-8(6-9)11(13)15-10-4-5-14-7-10/h1-3,6,10H,4-5,7H2/t10-/m0/s1. The summed E-state index contributed by atoms with van der Waals surface area (Å²) in [4.78, 5) is 11.7.